The number of hydrogen-bond donors (Lipinski definition) is 2. The Morgan fingerprint density at radius 2 is 2.27 bits per heavy atom. The van der Waals surface area contributed by atoms with Gasteiger partial charge in [-0.3, -0.25) is 4.79 Å². The first-order valence-corrected chi connectivity index (χ1v) is 8.04. The summed E-state index contributed by atoms with van der Waals surface area (Å²) in [6, 6.07) is 6.93. The number of hydrogen-bond acceptors (Lipinski definition) is 5. The zero-order valence-corrected chi connectivity index (χ0v) is 13.7. The van der Waals surface area contributed by atoms with Crippen molar-refractivity contribution >= 4 is 17.1 Å². The summed E-state index contributed by atoms with van der Waals surface area (Å²) in [6.45, 7) is 0.408. The third-order valence-corrected chi connectivity index (χ3v) is 3.96. The highest BCUT2D eigenvalue weighted by Gasteiger charge is 2.15. The molecule has 0 saturated carbocycles. The smallest absolute Gasteiger partial charge is 0.253 e. The van der Waals surface area contributed by atoms with Crippen LogP contribution in [0.4, 0.5) is 0 Å². The fraction of sp³-hybridized carbons (Fsp3) is 0.111. The number of imidazole rings is 1. The predicted molar refractivity (Wildman–Crippen MR) is 93.0 cm³/mol. The summed E-state index contributed by atoms with van der Waals surface area (Å²) >= 11 is 0. The number of carbonyl (C=O) groups is 1. The highest BCUT2D eigenvalue weighted by atomic mass is 16.5. The molecule has 0 aliphatic carbocycles. The van der Waals surface area contributed by atoms with Crippen LogP contribution in [0.2, 0.25) is 0 Å². The molecule has 8 nitrogen and oxygen atoms in total. The van der Waals surface area contributed by atoms with E-state index in [4.69, 9.17) is 4.42 Å². The Morgan fingerprint density at radius 1 is 1.35 bits per heavy atom. The Labute approximate surface area is 148 Å². The van der Waals surface area contributed by atoms with Gasteiger partial charge >= 0.3 is 0 Å². The first-order chi connectivity index (χ1) is 12.7. The molecule has 0 fully saturated rings. The Balaban J connectivity index is 1.51. The maximum atomic E-state index is 12.5. The third-order valence-electron chi connectivity index (χ3n) is 3.96. The molecule has 26 heavy (non-hydrogen) atoms. The van der Waals surface area contributed by atoms with E-state index in [2.05, 4.69) is 20.3 Å². The Kier molecular flexibility index (Phi) is 4.06. The quantitative estimate of drug-likeness (QED) is 0.422. The minimum atomic E-state index is -0.242. The molecule has 4 aromatic rings. The van der Waals surface area contributed by atoms with Crippen LogP contribution < -0.4 is 10.0 Å². The van der Waals surface area contributed by atoms with Crippen LogP contribution in [0.15, 0.2) is 59.8 Å². The lowest BCUT2D eigenvalue weighted by molar-refractivity contribution is -0.605. The molecule has 2 N–H and O–H groups in total. The lowest BCUT2D eigenvalue weighted by Gasteiger charge is -2.05. The summed E-state index contributed by atoms with van der Waals surface area (Å²) in [5.74, 6) is 0.347. The van der Waals surface area contributed by atoms with Crippen molar-refractivity contribution in [1.29, 1.82) is 0 Å². The van der Waals surface area contributed by atoms with Gasteiger partial charge in [-0.05, 0) is 24.6 Å². The number of furan rings is 1. The van der Waals surface area contributed by atoms with E-state index in [9.17, 15) is 10.0 Å². The topological polar surface area (TPSA) is 111 Å². The van der Waals surface area contributed by atoms with Crippen LogP contribution in [0.25, 0.3) is 22.6 Å². The number of amides is 1. The second kappa shape index (κ2) is 6.67. The third kappa shape index (κ3) is 3.12. The lowest BCUT2D eigenvalue weighted by Crippen LogP contribution is -2.28. The fourth-order valence-corrected chi connectivity index (χ4v) is 2.69. The normalized spacial score (nSPS) is 10.9. The molecule has 0 aliphatic heterocycles. The standard InChI is InChI=1S/C18H15N5O3/c24-18(20-6-3-12-2-1-8-23(25)10-12)14-4-7-19-17-15(14)21-16(22-17)13-5-9-26-11-13/h1-2,4-5,7-11H,3,6H2,(H,20,24)(H,19,21,22). The van der Waals surface area contributed by atoms with Gasteiger partial charge in [-0.2, -0.15) is 4.73 Å². The van der Waals surface area contributed by atoms with Crippen molar-refractivity contribution in [3.63, 3.8) is 0 Å². The van der Waals surface area contributed by atoms with Crippen molar-refractivity contribution < 1.29 is 13.9 Å². The number of nitrogens with one attached hydrogen (secondary N) is 2. The van der Waals surface area contributed by atoms with Crippen LogP contribution in [0.3, 0.4) is 0 Å². The van der Waals surface area contributed by atoms with Gasteiger partial charge in [0, 0.05) is 24.4 Å². The molecule has 0 bridgehead atoms. The van der Waals surface area contributed by atoms with Crippen LogP contribution in [0.1, 0.15) is 15.9 Å². The van der Waals surface area contributed by atoms with Crippen LogP contribution in [-0.4, -0.2) is 27.4 Å². The van der Waals surface area contributed by atoms with E-state index in [-0.39, 0.29) is 5.91 Å². The van der Waals surface area contributed by atoms with Gasteiger partial charge in [-0.1, -0.05) is 0 Å². The summed E-state index contributed by atoms with van der Waals surface area (Å²) in [5.41, 5.74) is 3.10. The molecule has 0 unspecified atom stereocenters. The van der Waals surface area contributed by atoms with Gasteiger partial charge in [-0.15, -0.1) is 0 Å². The summed E-state index contributed by atoms with van der Waals surface area (Å²) in [7, 11) is 0. The minimum Gasteiger partial charge on any atom is -0.619 e. The number of carbonyl (C=O) groups excluding carboxylic acids is 1. The summed E-state index contributed by atoms with van der Waals surface area (Å²) < 4.78 is 5.80. The van der Waals surface area contributed by atoms with Crippen molar-refractivity contribution in [3.05, 3.63) is 71.7 Å². The molecule has 130 valence electrons. The first-order valence-electron chi connectivity index (χ1n) is 8.04. The molecule has 0 atom stereocenters. The molecular weight excluding hydrogens is 334 g/mol. The highest BCUT2D eigenvalue weighted by molar-refractivity contribution is 6.04. The van der Waals surface area contributed by atoms with Crippen LogP contribution in [0.5, 0.6) is 0 Å². The highest BCUT2D eigenvalue weighted by Crippen LogP contribution is 2.21. The van der Waals surface area contributed by atoms with Gasteiger partial charge in [0.2, 0.25) is 0 Å². The van der Waals surface area contributed by atoms with Gasteiger partial charge in [0.25, 0.3) is 5.91 Å². The maximum Gasteiger partial charge on any atom is 0.253 e. The molecule has 4 rings (SSSR count). The molecule has 8 heteroatoms. The fourth-order valence-electron chi connectivity index (χ4n) is 2.69. The van der Waals surface area contributed by atoms with Crippen LogP contribution in [0, 0.1) is 5.21 Å². The number of H-pyrrole nitrogens is 1. The maximum absolute atomic E-state index is 12.5. The van der Waals surface area contributed by atoms with Crippen molar-refractivity contribution in [3.8, 4) is 11.4 Å². The zero-order chi connectivity index (χ0) is 17.9. The SMILES string of the molecule is O=C(NCCc1ccc[n+]([O-])c1)c1ccnc2[nH]c(-c3ccoc3)nc12. The molecule has 0 spiro atoms. The van der Waals surface area contributed by atoms with E-state index in [1.54, 1.807) is 36.9 Å². The van der Waals surface area contributed by atoms with E-state index in [0.717, 1.165) is 15.9 Å². The first kappa shape index (κ1) is 15.8. The number of aromatic nitrogens is 4. The number of fused-ring (bicyclic) bond motifs is 1. The van der Waals surface area contributed by atoms with Crippen LogP contribution in [-0.2, 0) is 6.42 Å². The molecule has 0 radical (unpaired) electrons. The summed E-state index contributed by atoms with van der Waals surface area (Å²) in [4.78, 5) is 24.3. The second-order valence-corrected chi connectivity index (χ2v) is 5.73. The predicted octanol–water partition coefficient (Wildman–Crippen LogP) is 1.82. The van der Waals surface area contributed by atoms with Gasteiger partial charge in [0.15, 0.2) is 18.0 Å². The monoisotopic (exact) mass is 349 g/mol. The van der Waals surface area contributed by atoms with E-state index in [1.807, 2.05) is 6.07 Å². The van der Waals surface area contributed by atoms with Crippen molar-refractivity contribution in [1.82, 2.24) is 20.3 Å². The van der Waals surface area contributed by atoms with E-state index < -0.39 is 0 Å². The molecule has 1 amide bonds. The molecule has 0 saturated heterocycles. The van der Waals surface area contributed by atoms with Gasteiger partial charge in [0.05, 0.1) is 17.4 Å². The second-order valence-electron chi connectivity index (χ2n) is 5.73. The van der Waals surface area contributed by atoms with Crippen LogP contribution >= 0.6 is 0 Å². The van der Waals surface area contributed by atoms with Gasteiger partial charge in [0.1, 0.15) is 17.6 Å². The van der Waals surface area contributed by atoms with Gasteiger partial charge < -0.3 is 19.9 Å². The minimum absolute atomic E-state index is 0.242. The molecule has 4 aromatic heterocycles. The molecule has 4 heterocycles. The van der Waals surface area contributed by atoms with E-state index >= 15 is 0 Å². The number of nitrogens with zero attached hydrogens (tertiary/aromatic N) is 3. The molecule has 0 aromatic carbocycles. The Morgan fingerprint density at radius 3 is 3.08 bits per heavy atom. The Hall–Kier alpha value is -3.68. The van der Waals surface area contributed by atoms with Crippen molar-refractivity contribution in [2.24, 2.45) is 0 Å². The average molecular weight is 349 g/mol. The van der Waals surface area contributed by atoms with E-state index in [1.165, 1.54) is 12.4 Å². The molecule has 0 aliphatic rings. The number of aromatic amines is 1. The number of pyridine rings is 2. The largest absolute Gasteiger partial charge is 0.619 e. The van der Waals surface area contributed by atoms with Crippen molar-refractivity contribution in [2.45, 2.75) is 6.42 Å². The summed E-state index contributed by atoms with van der Waals surface area (Å²) in [5, 5.41) is 14.1. The Bertz CT molecular complexity index is 1060. The zero-order valence-electron chi connectivity index (χ0n) is 13.7. The van der Waals surface area contributed by atoms with Crippen molar-refractivity contribution in [2.75, 3.05) is 6.54 Å². The van der Waals surface area contributed by atoms with E-state index in [0.29, 0.717) is 35.5 Å². The summed E-state index contributed by atoms with van der Waals surface area (Å²) in [6.07, 6.45) is 8.15. The average Bonchev–Trinajstić information content (AvgIpc) is 3.30. The lowest BCUT2D eigenvalue weighted by atomic mass is 10.2. The molecular formula is C18H15N5O3. The number of rotatable bonds is 5. The van der Waals surface area contributed by atoms with Gasteiger partial charge in [-0.25, -0.2) is 9.97 Å².